The number of thiocarbonyl (C=S) groups is 1. The highest BCUT2D eigenvalue weighted by molar-refractivity contribution is 7.80. The Bertz CT molecular complexity index is 507. The quantitative estimate of drug-likeness (QED) is 0.834. The second-order valence-corrected chi connectivity index (χ2v) is 5.24. The van der Waals surface area contributed by atoms with Crippen LogP contribution >= 0.6 is 12.2 Å². The maximum absolute atomic E-state index is 13.0. The van der Waals surface area contributed by atoms with E-state index in [0.717, 1.165) is 12.0 Å². The highest BCUT2D eigenvalue weighted by atomic mass is 32.1. The van der Waals surface area contributed by atoms with E-state index in [4.69, 9.17) is 18.0 Å². The molecule has 1 saturated carbocycles. The van der Waals surface area contributed by atoms with Crippen LogP contribution in [0.2, 0.25) is 0 Å². The molecule has 0 amide bonds. The first-order valence-electron chi connectivity index (χ1n) is 6.06. The van der Waals surface area contributed by atoms with Gasteiger partial charge in [0.25, 0.3) is 0 Å². The molecule has 1 fully saturated rings. The summed E-state index contributed by atoms with van der Waals surface area (Å²) >= 11 is 5.04. The van der Waals surface area contributed by atoms with Gasteiger partial charge in [0.05, 0.1) is 6.04 Å². The summed E-state index contributed by atoms with van der Waals surface area (Å²) in [5.74, 6) is 0.370. The molecule has 0 radical (unpaired) electrons. The average molecular weight is 263 g/mol. The molecule has 2 N–H and O–H groups in total. The van der Waals surface area contributed by atoms with E-state index in [2.05, 4.69) is 5.10 Å². The lowest BCUT2D eigenvalue weighted by molar-refractivity contribution is 0.372. The normalized spacial score (nSPS) is 23.1. The molecule has 0 spiro atoms. The molecule has 3 nitrogen and oxygen atoms in total. The molecule has 3 rings (SSSR count). The van der Waals surface area contributed by atoms with Crippen molar-refractivity contribution in [3.8, 4) is 0 Å². The number of hydrazone groups is 1. The van der Waals surface area contributed by atoms with Crippen molar-refractivity contribution in [2.45, 2.75) is 25.3 Å². The summed E-state index contributed by atoms with van der Waals surface area (Å²) in [6.07, 6.45) is 3.26. The summed E-state index contributed by atoms with van der Waals surface area (Å²) in [7, 11) is 0. The monoisotopic (exact) mass is 263 g/mol. The topological polar surface area (TPSA) is 41.6 Å². The number of rotatable bonds is 2. The fraction of sp³-hybridized carbons (Fsp3) is 0.385. The Balaban J connectivity index is 1.87. The van der Waals surface area contributed by atoms with Crippen LogP contribution in [0.5, 0.6) is 0 Å². The zero-order valence-corrected chi connectivity index (χ0v) is 10.7. The Morgan fingerprint density at radius 3 is 2.56 bits per heavy atom. The van der Waals surface area contributed by atoms with Gasteiger partial charge in [-0.05, 0) is 48.7 Å². The van der Waals surface area contributed by atoms with E-state index >= 15 is 0 Å². The van der Waals surface area contributed by atoms with Crippen molar-refractivity contribution >= 4 is 23.0 Å². The van der Waals surface area contributed by atoms with Crippen molar-refractivity contribution in [1.82, 2.24) is 5.01 Å². The fourth-order valence-corrected chi connectivity index (χ4v) is 2.51. The summed E-state index contributed by atoms with van der Waals surface area (Å²) in [4.78, 5) is 0. The molecule has 2 aliphatic rings. The Labute approximate surface area is 110 Å². The molecule has 1 aromatic carbocycles. The fourth-order valence-electron chi connectivity index (χ4n) is 2.35. The number of hydrogen-bond acceptors (Lipinski definition) is 2. The second kappa shape index (κ2) is 4.31. The molecule has 0 saturated heterocycles. The van der Waals surface area contributed by atoms with Crippen molar-refractivity contribution in [2.75, 3.05) is 0 Å². The minimum absolute atomic E-state index is 0.0266. The van der Waals surface area contributed by atoms with Crippen molar-refractivity contribution < 1.29 is 4.39 Å². The number of nitrogens with zero attached hydrogens (tertiary/aromatic N) is 2. The third-order valence-corrected chi connectivity index (χ3v) is 3.65. The third kappa shape index (κ3) is 2.10. The van der Waals surface area contributed by atoms with Crippen molar-refractivity contribution in [2.24, 2.45) is 16.8 Å². The largest absolute Gasteiger partial charge is 0.375 e. The number of benzene rings is 1. The highest BCUT2D eigenvalue weighted by Crippen LogP contribution is 2.40. The van der Waals surface area contributed by atoms with Crippen LogP contribution in [-0.4, -0.2) is 15.8 Å². The predicted molar refractivity (Wildman–Crippen MR) is 72.5 cm³/mol. The molecule has 18 heavy (non-hydrogen) atoms. The standard InChI is InChI=1S/C13H14FN3S/c14-10-5-3-9(4-6-10)12-7-11(8-1-2-8)16-17(12)13(15)18/h3-6,8,12H,1-2,7H2,(H2,15,18). The smallest absolute Gasteiger partial charge is 0.187 e. The lowest BCUT2D eigenvalue weighted by Gasteiger charge is -2.21. The van der Waals surface area contributed by atoms with E-state index in [9.17, 15) is 4.39 Å². The van der Waals surface area contributed by atoms with Crippen molar-refractivity contribution in [1.29, 1.82) is 0 Å². The van der Waals surface area contributed by atoms with E-state index in [0.29, 0.717) is 5.92 Å². The lowest BCUT2D eigenvalue weighted by Crippen LogP contribution is -2.31. The minimum Gasteiger partial charge on any atom is -0.375 e. The van der Waals surface area contributed by atoms with Crippen molar-refractivity contribution in [3.63, 3.8) is 0 Å². The van der Waals surface area contributed by atoms with E-state index in [1.54, 1.807) is 17.1 Å². The van der Waals surface area contributed by atoms with Gasteiger partial charge in [-0.15, -0.1) is 0 Å². The van der Waals surface area contributed by atoms with E-state index < -0.39 is 0 Å². The minimum atomic E-state index is -0.234. The van der Waals surface area contributed by atoms with Gasteiger partial charge >= 0.3 is 0 Å². The number of nitrogens with two attached hydrogens (primary N) is 1. The predicted octanol–water partition coefficient (Wildman–Crippen LogP) is 2.58. The first-order valence-corrected chi connectivity index (χ1v) is 6.47. The Morgan fingerprint density at radius 2 is 2.00 bits per heavy atom. The molecule has 1 unspecified atom stereocenters. The molecule has 1 aliphatic carbocycles. The number of halogens is 1. The summed E-state index contributed by atoms with van der Waals surface area (Å²) in [6.45, 7) is 0. The average Bonchev–Trinajstić information content (AvgIpc) is 3.09. The molecule has 5 heteroatoms. The van der Waals surface area contributed by atoms with Gasteiger partial charge in [0.15, 0.2) is 5.11 Å². The molecule has 1 heterocycles. The molecular weight excluding hydrogens is 249 g/mol. The maximum atomic E-state index is 13.0. The molecule has 0 bridgehead atoms. The van der Waals surface area contributed by atoms with Crippen LogP contribution in [0.15, 0.2) is 29.4 Å². The second-order valence-electron chi connectivity index (χ2n) is 4.82. The molecule has 1 aliphatic heterocycles. The molecule has 1 aromatic rings. The van der Waals surface area contributed by atoms with Gasteiger partial charge in [-0.1, -0.05) is 12.1 Å². The Hall–Kier alpha value is -1.49. The first-order chi connectivity index (χ1) is 8.65. The van der Waals surface area contributed by atoms with Crippen LogP contribution in [0.3, 0.4) is 0 Å². The van der Waals surface area contributed by atoms with Gasteiger partial charge in [0, 0.05) is 12.1 Å². The Kier molecular flexibility index (Phi) is 2.78. The zero-order valence-electron chi connectivity index (χ0n) is 9.84. The first kappa shape index (κ1) is 11.6. The van der Waals surface area contributed by atoms with Gasteiger partial charge in [0.2, 0.25) is 0 Å². The van der Waals surface area contributed by atoms with Crippen LogP contribution in [-0.2, 0) is 0 Å². The molecular formula is C13H14FN3S. The van der Waals surface area contributed by atoms with Crippen molar-refractivity contribution in [3.05, 3.63) is 35.6 Å². The van der Waals surface area contributed by atoms with Crippen LogP contribution in [0, 0.1) is 11.7 Å². The SMILES string of the molecule is NC(=S)N1N=C(C2CC2)CC1c1ccc(F)cc1. The van der Waals surface area contributed by atoms with Gasteiger partial charge < -0.3 is 5.73 Å². The van der Waals surface area contributed by atoms with Gasteiger partial charge in [-0.3, -0.25) is 0 Å². The summed E-state index contributed by atoms with van der Waals surface area (Å²) in [6, 6.07) is 6.50. The molecule has 1 atom stereocenters. The van der Waals surface area contributed by atoms with E-state index in [-0.39, 0.29) is 17.0 Å². The van der Waals surface area contributed by atoms with Crippen LogP contribution < -0.4 is 5.73 Å². The Morgan fingerprint density at radius 1 is 1.33 bits per heavy atom. The van der Waals surface area contributed by atoms with Gasteiger partial charge in [-0.2, -0.15) is 5.10 Å². The van der Waals surface area contributed by atoms with Gasteiger partial charge in [0.1, 0.15) is 5.82 Å². The third-order valence-electron chi connectivity index (χ3n) is 3.46. The zero-order chi connectivity index (χ0) is 12.7. The van der Waals surface area contributed by atoms with E-state index in [1.165, 1.54) is 30.7 Å². The van der Waals surface area contributed by atoms with Crippen LogP contribution in [0.25, 0.3) is 0 Å². The summed E-state index contributed by atoms with van der Waals surface area (Å²) in [5, 5.41) is 6.49. The van der Waals surface area contributed by atoms with Crippen LogP contribution in [0.1, 0.15) is 30.9 Å². The van der Waals surface area contributed by atoms with E-state index in [1.807, 2.05) is 0 Å². The summed E-state index contributed by atoms with van der Waals surface area (Å²) in [5.41, 5.74) is 7.90. The van der Waals surface area contributed by atoms with Crippen LogP contribution in [0.4, 0.5) is 4.39 Å². The molecule has 0 aromatic heterocycles. The summed E-state index contributed by atoms with van der Waals surface area (Å²) < 4.78 is 13.0. The highest BCUT2D eigenvalue weighted by Gasteiger charge is 2.37. The lowest BCUT2D eigenvalue weighted by atomic mass is 10.0. The molecule has 94 valence electrons. The number of hydrogen-bond donors (Lipinski definition) is 1. The maximum Gasteiger partial charge on any atom is 0.187 e. The van der Waals surface area contributed by atoms with Gasteiger partial charge in [-0.25, -0.2) is 9.40 Å².